The van der Waals surface area contributed by atoms with Crippen molar-refractivity contribution in [2.24, 2.45) is 0 Å². The first-order valence-corrected chi connectivity index (χ1v) is 5.15. The zero-order valence-electron chi connectivity index (χ0n) is 7.52. The molecule has 64 valence electrons. The Balaban J connectivity index is 2.11. The minimum Gasteiger partial charge on any atom is -0.0885 e. The second-order valence-corrected chi connectivity index (χ2v) is 3.52. The van der Waals surface area contributed by atoms with Crippen LogP contribution in [0.15, 0.2) is 12.2 Å². The Kier molecular flexibility index (Phi) is 5.18. The van der Waals surface area contributed by atoms with Crippen LogP contribution in [-0.4, -0.2) is 0 Å². The Labute approximate surface area is 70.7 Å². The van der Waals surface area contributed by atoms with Crippen molar-refractivity contribution in [2.45, 2.75) is 57.8 Å². The van der Waals surface area contributed by atoms with Gasteiger partial charge in [-0.05, 0) is 25.7 Å². The number of rotatable bonds is 0. The van der Waals surface area contributed by atoms with Crippen LogP contribution < -0.4 is 0 Å². The highest BCUT2D eigenvalue weighted by molar-refractivity contribution is 4.81. The summed E-state index contributed by atoms with van der Waals surface area (Å²) in [5.74, 6) is 0. The lowest BCUT2D eigenvalue weighted by Crippen LogP contribution is -1.78. The standard InChI is InChI=1S/C11H20/c1-2-4-6-8-10-11-9-7-5-3-1/h1-2H,3-11H2/b2-1-. The van der Waals surface area contributed by atoms with E-state index in [0.717, 1.165) is 0 Å². The quantitative estimate of drug-likeness (QED) is 0.459. The Morgan fingerprint density at radius 2 is 0.818 bits per heavy atom. The van der Waals surface area contributed by atoms with Gasteiger partial charge >= 0.3 is 0 Å². The van der Waals surface area contributed by atoms with E-state index in [-0.39, 0.29) is 0 Å². The summed E-state index contributed by atoms with van der Waals surface area (Å²) in [4.78, 5) is 0. The highest BCUT2D eigenvalue weighted by atomic mass is 14.0. The molecular formula is C11H20. The molecule has 0 nitrogen and oxygen atoms in total. The molecule has 0 heterocycles. The van der Waals surface area contributed by atoms with E-state index in [4.69, 9.17) is 0 Å². The molecule has 0 aromatic rings. The second kappa shape index (κ2) is 6.45. The van der Waals surface area contributed by atoms with E-state index >= 15 is 0 Å². The SMILES string of the molecule is C1=C\CCCCCCCCC/1. The van der Waals surface area contributed by atoms with Gasteiger partial charge in [0.2, 0.25) is 0 Å². The maximum absolute atomic E-state index is 2.37. The summed E-state index contributed by atoms with van der Waals surface area (Å²) in [6, 6.07) is 0. The highest BCUT2D eigenvalue weighted by Crippen LogP contribution is 2.12. The minimum atomic E-state index is 1.32. The normalized spacial score (nSPS) is 25.5. The summed E-state index contributed by atoms with van der Waals surface area (Å²) < 4.78 is 0. The third-order valence-electron chi connectivity index (χ3n) is 2.41. The molecule has 0 unspecified atom stereocenters. The molecule has 0 saturated heterocycles. The van der Waals surface area contributed by atoms with Gasteiger partial charge < -0.3 is 0 Å². The molecule has 0 radical (unpaired) electrons. The summed E-state index contributed by atoms with van der Waals surface area (Å²) in [6.07, 6.45) is 17.5. The topological polar surface area (TPSA) is 0 Å². The van der Waals surface area contributed by atoms with Crippen molar-refractivity contribution in [1.82, 2.24) is 0 Å². The van der Waals surface area contributed by atoms with Crippen LogP contribution in [0.25, 0.3) is 0 Å². The van der Waals surface area contributed by atoms with Crippen molar-refractivity contribution < 1.29 is 0 Å². The molecule has 0 amide bonds. The van der Waals surface area contributed by atoms with Gasteiger partial charge in [0, 0.05) is 0 Å². The second-order valence-electron chi connectivity index (χ2n) is 3.52. The van der Waals surface area contributed by atoms with Gasteiger partial charge in [0.15, 0.2) is 0 Å². The monoisotopic (exact) mass is 152 g/mol. The summed E-state index contributed by atoms with van der Waals surface area (Å²) in [7, 11) is 0. The predicted molar refractivity (Wildman–Crippen MR) is 50.7 cm³/mol. The zero-order valence-corrected chi connectivity index (χ0v) is 7.52. The van der Waals surface area contributed by atoms with Crippen LogP contribution in [-0.2, 0) is 0 Å². The van der Waals surface area contributed by atoms with Gasteiger partial charge in [-0.25, -0.2) is 0 Å². The molecule has 0 heteroatoms. The lowest BCUT2D eigenvalue weighted by atomic mass is 10.1. The smallest absolute Gasteiger partial charge is 0.0351 e. The van der Waals surface area contributed by atoms with E-state index in [1.807, 2.05) is 0 Å². The van der Waals surface area contributed by atoms with Crippen molar-refractivity contribution in [3.63, 3.8) is 0 Å². The molecule has 0 aromatic heterocycles. The molecule has 1 rings (SSSR count). The van der Waals surface area contributed by atoms with Gasteiger partial charge in [0.25, 0.3) is 0 Å². The molecule has 1 aliphatic rings. The van der Waals surface area contributed by atoms with Crippen molar-refractivity contribution in [2.75, 3.05) is 0 Å². The van der Waals surface area contributed by atoms with E-state index in [1.165, 1.54) is 57.8 Å². The lowest BCUT2D eigenvalue weighted by Gasteiger charge is -1.97. The molecule has 0 bridgehead atoms. The van der Waals surface area contributed by atoms with Crippen molar-refractivity contribution in [3.05, 3.63) is 12.2 Å². The first kappa shape index (κ1) is 8.83. The maximum atomic E-state index is 2.37. The molecule has 1 aliphatic carbocycles. The van der Waals surface area contributed by atoms with E-state index in [2.05, 4.69) is 12.2 Å². The fourth-order valence-electron chi connectivity index (χ4n) is 1.64. The molecule has 0 saturated carbocycles. The van der Waals surface area contributed by atoms with Crippen molar-refractivity contribution >= 4 is 0 Å². The van der Waals surface area contributed by atoms with E-state index in [1.54, 1.807) is 0 Å². The van der Waals surface area contributed by atoms with Crippen LogP contribution in [0.2, 0.25) is 0 Å². The Morgan fingerprint density at radius 3 is 1.27 bits per heavy atom. The summed E-state index contributed by atoms with van der Waals surface area (Å²) in [5, 5.41) is 0. The third kappa shape index (κ3) is 5.06. The first-order chi connectivity index (χ1) is 5.50. The fourth-order valence-corrected chi connectivity index (χ4v) is 1.64. The fraction of sp³-hybridized carbons (Fsp3) is 0.818. The largest absolute Gasteiger partial charge is 0.0885 e. The van der Waals surface area contributed by atoms with Gasteiger partial charge in [0.1, 0.15) is 0 Å². The van der Waals surface area contributed by atoms with E-state index in [9.17, 15) is 0 Å². The van der Waals surface area contributed by atoms with Crippen molar-refractivity contribution in [1.29, 1.82) is 0 Å². The van der Waals surface area contributed by atoms with Crippen molar-refractivity contribution in [3.8, 4) is 0 Å². The molecule has 0 aliphatic heterocycles. The van der Waals surface area contributed by atoms with Crippen LogP contribution in [0, 0.1) is 0 Å². The van der Waals surface area contributed by atoms with Gasteiger partial charge in [-0.1, -0.05) is 44.3 Å². The molecular weight excluding hydrogens is 132 g/mol. The van der Waals surface area contributed by atoms with Crippen LogP contribution >= 0.6 is 0 Å². The molecule has 0 N–H and O–H groups in total. The highest BCUT2D eigenvalue weighted by Gasteiger charge is 1.92. The molecule has 0 spiro atoms. The van der Waals surface area contributed by atoms with Gasteiger partial charge in [0.05, 0.1) is 0 Å². The summed E-state index contributed by atoms with van der Waals surface area (Å²) in [5.41, 5.74) is 0. The Bertz CT molecular complexity index is 90.6. The molecule has 11 heavy (non-hydrogen) atoms. The third-order valence-corrected chi connectivity index (χ3v) is 2.41. The Hall–Kier alpha value is -0.260. The average Bonchev–Trinajstić information content (AvgIpc) is 2.08. The van der Waals surface area contributed by atoms with E-state index in [0.29, 0.717) is 0 Å². The van der Waals surface area contributed by atoms with Gasteiger partial charge in [-0.3, -0.25) is 0 Å². The number of hydrogen-bond acceptors (Lipinski definition) is 0. The lowest BCUT2D eigenvalue weighted by molar-refractivity contribution is 0.589. The first-order valence-electron chi connectivity index (χ1n) is 5.15. The molecule has 0 fully saturated rings. The molecule has 0 atom stereocenters. The van der Waals surface area contributed by atoms with Crippen LogP contribution in [0.4, 0.5) is 0 Å². The summed E-state index contributed by atoms with van der Waals surface area (Å²) in [6.45, 7) is 0. The van der Waals surface area contributed by atoms with Crippen LogP contribution in [0.1, 0.15) is 57.8 Å². The molecule has 0 aromatic carbocycles. The van der Waals surface area contributed by atoms with E-state index < -0.39 is 0 Å². The maximum Gasteiger partial charge on any atom is -0.0351 e. The van der Waals surface area contributed by atoms with Gasteiger partial charge in [-0.15, -0.1) is 0 Å². The van der Waals surface area contributed by atoms with Crippen LogP contribution in [0.5, 0.6) is 0 Å². The van der Waals surface area contributed by atoms with Gasteiger partial charge in [-0.2, -0.15) is 0 Å². The number of allylic oxidation sites excluding steroid dienone is 2. The average molecular weight is 152 g/mol. The van der Waals surface area contributed by atoms with Crippen LogP contribution in [0.3, 0.4) is 0 Å². The predicted octanol–water partition coefficient (Wildman–Crippen LogP) is 4.07. The Morgan fingerprint density at radius 1 is 0.455 bits per heavy atom. The zero-order chi connectivity index (χ0) is 7.78. The summed E-state index contributed by atoms with van der Waals surface area (Å²) >= 11 is 0. The number of hydrogen-bond donors (Lipinski definition) is 0. The minimum absolute atomic E-state index is 1.32.